The smallest absolute Gasteiger partial charge is 0.267 e. The predicted molar refractivity (Wildman–Crippen MR) is 106 cm³/mol. The third-order valence-corrected chi connectivity index (χ3v) is 5.13. The number of fused-ring (bicyclic) bond motifs is 2. The molecule has 5 rings (SSSR count). The lowest BCUT2D eigenvalue weighted by atomic mass is 9.93. The van der Waals surface area contributed by atoms with Gasteiger partial charge in [0.05, 0.1) is 16.9 Å². The monoisotopic (exact) mass is 369 g/mol. The van der Waals surface area contributed by atoms with Crippen LogP contribution >= 0.6 is 0 Å². The first kappa shape index (κ1) is 16.6. The molecule has 136 valence electrons. The molecule has 28 heavy (non-hydrogen) atoms. The Morgan fingerprint density at radius 3 is 2.64 bits per heavy atom. The van der Waals surface area contributed by atoms with Crippen molar-refractivity contribution in [2.45, 2.75) is 13.3 Å². The van der Waals surface area contributed by atoms with Crippen molar-refractivity contribution in [3.8, 4) is 11.1 Å². The molecule has 0 bridgehead atoms. The van der Waals surface area contributed by atoms with Crippen molar-refractivity contribution in [3.05, 3.63) is 89.6 Å². The Balaban J connectivity index is 1.61. The number of benzene rings is 2. The van der Waals surface area contributed by atoms with Crippen molar-refractivity contribution >= 4 is 22.4 Å². The predicted octanol–water partition coefficient (Wildman–Crippen LogP) is 4.83. The van der Waals surface area contributed by atoms with Gasteiger partial charge in [0.2, 0.25) is 0 Å². The molecule has 0 saturated carbocycles. The molecule has 0 unspecified atom stereocenters. The van der Waals surface area contributed by atoms with E-state index in [4.69, 9.17) is 0 Å². The summed E-state index contributed by atoms with van der Waals surface area (Å²) < 4.78 is 14.8. The number of aromatic nitrogens is 3. The van der Waals surface area contributed by atoms with E-state index in [0.29, 0.717) is 6.42 Å². The first-order valence-corrected chi connectivity index (χ1v) is 9.04. The van der Waals surface area contributed by atoms with Crippen LogP contribution in [0.2, 0.25) is 0 Å². The first-order valence-electron chi connectivity index (χ1n) is 9.04. The number of hydrogen-bond donors (Lipinski definition) is 0. The van der Waals surface area contributed by atoms with Crippen LogP contribution in [0, 0.1) is 12.7 Å². The normalized spacial score (nSPS) is 13.5. The highest BCUT2D eigenvalue weighted by Gasteiger charge is 2.25. The van der Waals surface area contributed by atoms with Crippen molar-refractivity contribution in [2.75, 3.05) is 0 Å². The van der Waals surface area contributed by atoms with Crippen molar-refractivity contribution in [1.82, 2.24) is 14.8 Å². The van der Waals surface area contributed by atoms with Gasteiger partial charge >= 0.3 is 0 Å². The van der Waals surface area contributed by atoms with Gasteiger partial charge in [-0.25, -0.2) is 9.07 Å². The summed E-state index contributed by atoms with van der Waals surface area (Å²) in [7, 11) is 0. The van der Waals surface area contributed by atoms with Gasteiger partial charge in [-0.15, -0.1) is 0 Å². The van der Waals surface area contributed by atoms with Crippen LogP contribution in [0.5, 0.6) is 0 Å². The zero-order valence-electron chi connectivity index (χ0n) is 15.2. The Labute approximate surface area is 161 Å². The van der Waals surface area contributed by atoms with E-state index in [0.717, 1.165) is 44.6 Å². The van der Waals surface area contributed by atoms with E-state index in [1.165, 1.54) is 16.8 Å². The Kier molecular flexibility index (Phi) is 3.69. The van der Waals surface area contributed by atoms with Crippen LogP contribution in [-0.2, 0) is 6.42 Å². The number of carbonyl (C=O) groups excluding carboxylic acids is 1. The topological polar surface area (TPSA) is 47.8 Å². The summed E-state index contributed by atoms with van der Waals surface area (Å²) in [4.78, 5) is 17.1. The SMILES string of the molecule is Cc1nn2c(c1-c1ccc(F)cc1)CC(c1ccc3ncccc3c1)=CC2=O. The number of hydrogen-bond acceptors (Lipinski definition) is 3. The molecule has 0 saturated heterocycles. The van der Waals surface area contributed by atoms with E-state index in [2.05, 4.69) is 16.1 Å². The van der Waals surface area contributed by atoms with E-state index < -0.39 is 0 Å². The van der Waals surface area contributed by atoms with Gasteiger partial charge in [-0.1, -0.05) is 24.3 Å². The Bertz CT molecular complexity index is 1270. The number of carbonyl (C=O) groups is 1. The summed E-state index contributed by atoms with van der Waals surface area (Å²) in [6.45, 7) is 1.87. The van der Waals surface area contributed by atoms with Crippen LogP contribution in [0.25, 0.3) is 27.6 Å². The van der Waals surface area contributed by atoms with Gasteiger partial charge in [0, 0.05) is 29.6 Å². The van der Waals surface area contributed by atoms with Crippen LogP contribution in [0.15, 0.2) is 66.9 Å². The van der Waals surface area contributed by atoms with Gasteiger partial charge in [0.25, 0.3) is 5.91 Å². The average Bonchev–Trinajstić information content (AvgIpc) is 3.05. The number of nitrogens with zero attached hydrogens (tertiary/aromatic N) is 3. The lowest BCUT2D eigenvalue weighted by Crippen LogP contribution is -2.19. The number of halogens is 1. The Hall–Kier alpha value is -3.60. The molecule has 2 aromatic carbocycles. The van der Waals surface area contributed by atoms with Crippen molar-refractivity contribution in [3.63, 3.8) is 0 Å². The third-order valence-electron chi connectivity index (χ3n) is 5.13. The molecule has 0 aliphatic carbocycles. The third kappa shape index (κ3) is 2.63. The molecule has 3 heterocycles. The van der Waals surface area contributed by atoms with E-state index in [1.807, 2.05) is 31.2 Å². The maximum absolute atomic E-state index is 13.4. The maximum Gasteiger partial charge on any atom is 0.271 e. The first-order chi connectivity index (χ1) is 13.6. The van der Waals surface area contributed by atoms with Gasteiger partial charge in [-0.2, -0.15) is 5.10 Å². The van der Waals surface area contributed by atoms with Gasteiger partial charge < -0.3 is 0 Å². The minimum atomic E-state index is -0.288. The van der Waals surface area contributed by atoms with Gasteiger partial charge in [0.15, 0.2) is 0 Å². The van der Waals surface area contributed by atoms with Crippen LogP contribution < -0.4 is 0 Å². The van der Waals surface area contributed by atoms with Crippen LogP contribution in [0.3, 0.4) is 0 Å². The quantitative estimate of drug-likeness (QED) is 0.509. The minimum Gasteiger partial charge on any atom is -0.267 e. The number of pyridine rings is 1. The molecular weight excluding hydrogens is 353 g/mol. The van der Waals surface area contributed by atoms with E-state index in [9.17, 15) is 9.18 Å². The number of rotatable bonds is 2. The summed E-state index contributed by atoms with van der Waals surface area (Å²) in [5.41, 5.74) is 6.18. The summed E-state index contributed by atoms with van der Waals surface area (Å²) in [5, 5.41) is 5.46. The molecule has 0 fully saturated rings. The van der Waals surface area contributed by atoms with Crippen molar-refractivity contribution in [2.24, 2.45) is 0 Å². The second-order valence-corrected chi connectivity index (χ2v) is 6.92. The van der Waals surface area contributed by atoms with Gasteiger partial charge in [0.1, 0.15) is 5.82 Å². The molecule has 1 aliphatic heterocycles. The van der Waals surface area contributed by atoms with Crippen LogP contribution in [0.1, 0.15) is 21.7 Å². The summed E-state index contributed by atoms with van der Waals surface area (Å²) in [6.07, 6.45) is 3.98. The number of aryl methyl sites for hydroxylation is 1. The van der Waals surface area contributed by atoms with Gasteiger partial charge in [-0.3, -0.25) is 9.78 Å². The van der Waals surface area contributed by atoms with Crippen LogP contribution in [0.4, 0.5) is 4.39 Å². The highest BCUT2D eigenvalue weighted by atomic mass is 19.1. The zero-order chi connectivity index (χ0) is 19.3. The second kappa shape index (κ2) is 6.23. The molecule has 1 aliphatic rings. The Morgan fingerprint density at radius 2 is 1.82 bits per heavy atom. The molecular formula is C23H16FN3O. The highest BCUT2D eigenvalue weighted by molar-refractivity contribution is 6.01. The molecule has 0 radical (unpaired) electrons. The second-order valence-electron chi connectivity index (χ2n) is 6.92. The molecule has 4 aromatic rings. The Morgan fingerprint density at radius 1 is 1.04 bits per heavy atom. The van der Waals surface area contributed by atoms with E-state index in [-0.39, 0.29) is 11.7 Å². The molecule has 0 spiro atoms. The average molecular weight is 369 g/mol. The number of allylic oxidation sites excluding steroid dienone is 2. The fourth-order valence-corrected chi connectivity index (χ4v) is 3.82. The lowest BCUT2D eigenvalue weighted by Gasteiger charge is -2.16. The zero-order valence-corrected chi connectivity index (χ0v) is 15.2. The molecule has 0 N–H and O–H groups in total. The molecule has 4 nitrogen and oxygen atoms in total. The largest absolute Gasteiger partial charge is 0.271 e. The summed E-state index contributed by atoms with van der Waals surface area (Å²) in [5.74, 6) is -0.456. The molecule has 5 heteroatoms. The van der Waals surface area contributed by atoms with Crippen LogP contribution in [-0.4, -0.2) is 20.7 Å². The lowest BCUT2D eigenvalue weighted by molar-refractivity contribution is 0.0948. The fourth-order valence-electron chi connectivity index (χ4n) is 3.82. The molecule has 0 atom stereocenters. The fraction of sp³-hybridized carbons (Fsp3) is 0.0870. The summed E-state index contributed by atoms with van der Waals surface area (Å²) >= 11 is 0. The molecule has 0 amide bonds. The maximum atomic E-state index is 13.4. The van der Waals surface area contributed by atoms with Crippen molar-refractivity contribution < 1.29 is 9.18 Å². The van der Waals surface area contributed by atoms with Gasteiger partial charge in [-0.05, 0) is 54.0 Å². The van der Waals surface area contributed by atoms with E-state index in [1.54, 1.807) is 24.4 Å². The van der Waals surface area contributed by atoms with Crippen molar-refractivity contribution in [1.29, 1.82) is 0 Å². The standard InChI is InChI=1S/C23H16FN3O/c1-14-23(15-4-7-19(24)8-5-15)21-12-18(13-22(28)27(21)26-14)16-6-9-20-17(11-16)3-2-10-25-20/h2-11,13H,12H2,1H3. The van der Waals surface area contributed by atoms with E-state index >= 15 is 0 Å². The minimum absolute atomic E-state index is 0.168. The summed E-state index contributed by atoms with van der Waals surface area (Å²) in [6, 6.07) is 16.2. The highest BCUT2D eigenvalue weighted by Crippen LogP contribution is 2.34. The molecule has 2 aromatic heterocycles.